The zero-order valence-electron chi connectivity index (χ0n) is 7.12. The van der Waals surface area contributed by atoms with Crippen LogP contribution in [-0.2, 0) is 16.6 Å². The van der Waals surface area contributed by atoms with Crippen molar-refractivity contribution in [2.24, 2.45) is 0 Å². The number of hydrogen-bond acceptors (Lipinski definition) is 3. The molecule has 0 spiro atoms. The molecule has 0 radical (unpaired) electrons. The maximum atomic E-state index is 12.5. The van der Waals surface area contributed by atoms with Gasteiger partial charge in [-0.1, -0.05) is 13.0 Å². The molecule has 13 heavy (non-hydrogen) atoms. The Bertz CT molecular complexity index is 414. The average Bonchev–Trinajstić information content (AvgIpc) is 2.01. The van der Waals surface area contributed by atoms with E-state index in [0.717, 1.165) is 12.0 Å². The Labute approximate surface area is 76.6 Å². The lowest BCUT2D eigenvalue weighted by atomic mass is 10.1. The van der Waals surface area contributed by atoms with Crippen molar-refractivity contribution in [1.29, 1.82) is 0 Å². The zero-order valence-corrected chi connectivity index (χ0v) is 7.94. The predicted octanol–water partition coefficient (Wildman–Crippen LogP) is 1.49. The standard InChI is InChI=1S/C8H10FNO2S/c1-2-6-3-4-8(7(10)5-6)13(9,11)12/h3-5H,2,10H2,1H3. The molecule has 0 aliphatic heterocycles. The number of nitrogen functional groups attached to an aromatic ring is 1. The lowest BCUT2D eigenvalue weighted by molar-refractivity contribution is 0.552. The SMILES string of the molecule is CCc1ccc(S(=O)(=O)F)c(N)c1. The third-order valence-electron chi connectivity index (χ3n) is 1.75. The van der Waals surface area contributed by atoms with Crippen LogP contribution in [0.4, 0.5) is 9.57 Å². The third kappa shape index (κ3) is 2.18. The molecular formula is C8H10FNO2S. The number of benzene rings is 1. The molecule has 0 aliphatic rings. The van der Waals surface area contributed by atoms with Crippen molar-refractivity contribution in [3.05, 3.63) is 23.8 Å². The smallest absolute Gasteiger partial charge is 0.334 e. The number of hydrogen-bond donors (Lipinski definition) is 1. The Morgan fingerprint density at radius 2 is 2.08 bits per heavy atom. The van der Waals surface area contributed by atoms with E-state index in [0.29, 0.717) is 0 Å². The molecule has 5 heteroatoms. The van der Waals surface area contributed by atoms with Crippen LogP contribution in [0.25, 0.3) is 0 Å². The summed E-state index contributed by atoms with van der Waals surface area (Å²) in [6.07, 6.45) is 0.733. The minimum Gasteiger partial charge on any atom is -0.398 e. The van der Waals surface area contributed by atoms with Crippen LogP contribution in [0.15, 0.2) is 23.1 Å². The van der Waals surface area contributed by atoms with Gasteiger partial charge in [0.25, 0.3) is 0 Å². The summed E-state index contributed by atoms with van der Waals surface area (Å²) in [7, 11) is -4.68. The molecule has 72 valence electrons. The van der Waals surface area contributed by atoms with E-state index in [2.05, 4.69) is 0 Å². The van der Waals surface area contributed by atoms with E-state index < -0.39 is 15.1 Å². The number of anilines is 1. The van der Waals surface area contributed by atoms with Crippen molar-refractivity contribution in [1.82, 2.24) is 0 Å². The van der Waals surface area contributed by atoms with E-state index in [-0.39, 0.29) is 5.69 Å². The molecule has 0 amide bonds. The van der Waals surface area contributed by atoms with E-state index in [1.807, 2.05) is 6.92 Å². The molecule has 0 aromatic heterocycles. The second-order valence-electron chi connectivity index (χ2n) is 2.66. The third-order valence-corrected chi connectivity index (χ3v) is 2.64. The first-order chi connectivity index (χ1) is 5.95. The van der Waals surface area contributed by atoms with Gasteiger partial charge in [0.15, 0.2) is 0 Å². The molecule has 1 aromatic carbocycles. The van der Waals surface area contributed by atoms with Crippen molar-refractivity contribution in [3.63, 3.8) is 0 Å². The molecule has 0 heterocycles. The van der Waals surface area contributed by atoms with E-state index >= 15 is 0 Å². The summed E-state index contributed by atoms with van der Waals surface area (Å²) in [6, 6.07) is 4.19. The van der Waals surface area contributed by atoms with Crippen LogP contribution in [0.3, 0.4) is 0 Å². The van der Waals surface area contributed by atoms with E-state index in [1.54, 1.807) is 6.07 Å². The van der Waals surface area contributed by atoms with Gasteiger partial charge in [0.1, 0.15) is 4.90 Å². The van der Waals surface area contributed by atoms with Gasteiger partial charge < -0.3 is 5.73 Å². The Balaban J connectivity index is 3.29. The zero-order chi connectivity index (χ0) is 10.1. The van der Waals surface area contributed by atoms with Crippen molar-refractivity contribution < 1.29 is 12.3 Å². The highest BCUT2D eigenvalue weighted by Gasteiger charge is 2.15. The molecular weight excluding hydrogens is 193 g/mol. The fourth-order valence-electron chi connectivity index (χ4n) is 1.04. The average molecular weight is 203 g/mol. The summed E-state index contributed by atoms with van der Waals surface area (Å²) in [4.78, 5) is -0.454. The lowest BCUT2D eigenvalue weighted by Gasteiger charge is -2.02. The summed E-state index contributed by atoms with van der Waals surface area (Å²) < 4.78 is 33.5. The van der Waals surface area contributed by atoms with Crippen LogP contribution in [0.1, 0.15) is 12.5 Å². The predicted molar refractivity (Wildman–Crippen MR) is 48.5 cm³/mol. The second-order valence-corrected chi connectivity index (χ2v) is 3.98. The van der Waals surface area contributed by atoms with Gasteiger partial charge in [0.05, 0.1) is 5.69 Å². The summed E-state index contributed by atoms with van der Waals surface area (Å²) in [5.74, 6) is 0. The maximum Gasteiger partial charge on any atom is 0.334 e. The van der Waals surface area contributed by atoms with Gasteiger partial charge in [0.2, 0.25) is 0 Å². The highest BCUT2D eigenvalue weighted by atomic mass is 32.3. The van der Waals surface area contributed by atoms with Crippen LogP contribution in [0.5, 0.6) is 0 Å². The number of nitrogens with two attached hydrogens (primary N) is 1. The Morgan fingerprint density at radius 1 is 1.46 bits per heavy atom. The number of aryl methyl sites for hydroxylation is 1. The lowest BCUT2D eigenvalue weighted by Crippen LogP contribution is -1.99. The summed E-state index contributed by atoms with van der Waals surface area (Å²) >= 11 is 0. The highest BCUT2D eigenvalue weighted by molar-refractivity contribution is 7.86. The molecule has 0 unspecified atom stereocenters. The molecule has 0 aliphatic carbocycles. The first-order valence-electron chi connectivity index (χ1n) is 3.78. The van der Waals surface area contributed by atoms with Crippen molar-refractivity contribution in [2.75, 3.05) is 5.73 Å². The molecule has 0 bridgehead atoms. The van der Waals surface area contributed by atoms with Gasteiger partial charge in [-0.25, -0.2) is 0 Å². The van der Waals surface area contributed by atoms with Gasteiger partial charge in [-0.05, 0) is 24.1 Å². The Hall–Kier alpha value is -1.10. The fraction of sp³-hybridized carbons (Fsp3) is 0.250. The molecule has 1 aromatic rings. The minimum atomic E-state index is -4.68. The highest BCUT2D eigenvalue weighted by Crippen LogP contribution is 2.21. The first kappa shape index (κ1) is 9.98. The van der Waals surface area contributed by atoms with E-state index in [9.17, 15) is 12.3 Å². The quantitative estimate of drug-likeness (QED) is 0.585. The van der Waals surface area contributed by atoms with Gasteiger partial charge in [-0.15, -0.1) is 3.89 Å². The molecule has 2 N–H and O–H groups in total. The van der Waals surface area contributed by atoms with Crippen molar-refractivity contribution in [2.45, 2.75) is 18.2 Å². The largest absolute Gasteiger partial charge is 0.398 e. The number of rotatable bonds is 2. The normalized spacial score (nSPS) is 11.5. The van der Waals surface area contributed by atoms with Gasteiger partial charge in [-0.2, -0.15) is 8.42 Å². The van der Waals surface area contributed by atoms with Crippen LogP contribution in [0, 0.1) is 0 Å². The first-order valence-corrected chi connectivity index (χ1v) is 5.16. The summed E-state index contributed by atoms with van der Waals surface area (Å²) in [5, 5.41) is 0. The Morgan fingerprint density at radius 3 is 2.46 bits per heavy atom. The molecule has 0 atom stereocenters. The van der Waals surface area contributed by atoms with Crippen molar-refractivity contribution >= 4 is 15.9 Å². The monoisotopic (exact) mass is 203 g/mol. The summed E-state index contributed by atoms with van der Waals surface area (Å²) in [6.45, 7) is 1.90. The van der Waals surface area contributed by atoms with Crippen molar-refractivity contribution in [3.8, 4) is 0 Å². The molecule has 0 saturated carbocycles. The fourth-order valence-corrected chi connectivity index (χ4v) is 1.61. The molecule has 0 saturated heterocycles. The molecule has 1 rings (SSSR count). The van der Waals surface area contributed by atoms with Gasteiger partial charge >= 0.3 is 10.2 Å². The van der Waals surface area contributed by atoms with E-state index in [4.69, 9.17) is 5.73 Å². The Kier molecular flexibility index (Phi) is 2.56. The maximum absolute atomic E-state index is 12.5. The van der Waals surface area contributed by atoms with Crippen LogP contribution in [0.2, 0.25) is 0 Å². The van der Waals surface area contributed by atoms with Gasteiger partial charge in [0, 0.05) is 0 Å². The summed E-state index contributed by atoms with van der Waals surface area (Å²) in [5.41, 5.74) is 6.20. The minimum absolute atomic E-state index is 0.0400. The van der Waals surface area contributed by atoms with Crippen LogP contribution < -0.4 is 5.73 Å². The molecule has 0 fully saturated rings. The number of halogens is 1. The second kappa shape index (κ2) is 3.33. The van der Waals surface area contributed by atoms with E-state index in [1.165, 1.54) is 12.1 Å². The topological polar surface area (TPSA) is 60.2 Å². The molecule has 3 nitrogen and oxygen atoms in total. The van der Waals surface area contributed by atoms with Crippen LogP contribution in [-0.4, -0.2) is 8.42 Å². The van der Waals surface area contributed by atoms with Gasteiger partial charge in [-0.3, -0.25) is 0 Å². The van der Waals surface area contributed by atoms with Crippen LogP contribution >= 0.6 is 0 Å².